The molecular formula is C11H18N2O2S. The van der Waals surface area contributed by atoms with E-state index in [0.717, 1.165) is 5.56 Å². The molecule has 0 fully saturated rings. The highest BCUT2D eigenvalue weighted by molar-refractivity contribution is 7.90. The number of hydrogen-bond acceptors (Lipinski definition) is 4. The fraction of sp³-hybridized carbons (Fsp3) is 0.545. The molecule has 1 aromatic heterocycles. The Hall–Kier alpha value is -0.940. The molecule has 0 radical (unpaired) electrons. The summed E-state index contributed by atoms with van der Waals surface area (Å²) in [5.41, 5.74) is 1.06. The lowest BCUT2D eigenvalue weighted by atomic mass is 10.1. The van der Waals surface area contributed by atoms with Gasteiger partial charge in [0.2, 0.25) is 0 Å². The first kappa shape index (κ1) is 13.1. The average molecular weight is 242 g/mol. The van der Waals surface area contributed by atoms with Gasteiger partial charge in [-0.25, -0.2) is 8.42 Å². The summed E-state index contributed by atoms with van der Waals surface area (Å²) in [5.74, 6) is 0.150. The first-order valence-electron chi connectivity index (χ1n) is 5.22. The van der Waals surface area contributed by atoms with Crippen LogP contribution in [-0.4, -0.2) is 31.5 Å². The van der Waals surface area contributed by atoms with E-state index in [1.54, 1.807) is 12.4 Å². The molecule has 16 heavy (non-hydrogen) atoms. The molecule has 5 heteroatoms. The maximum absolute atomic E-state index is 11.1. The molecule has 1 heterocycles. The molecule has 1 aromatic rings. The zero-order valence-electron chi connectivity index (χ0n) is 9.84. The van der Waals surface area contributed by atoms with Gasteiger partial charge in [0, 0.05) is 30.7 Å². The van der Waals surface area contributed by atoms with Crippen LogP contribution in [0.1, 0.15) is 25.5 Å². The first-order valence-corrected chi connectivity index (χ1v) is 7.28. The number of sulfone groups is 1. The maximum atomic E-state index is 11.1. The molecule has 90 valence electrons. The summed E-state index contributed by atoms with van der Waals surface area (Å²) in [6.45, 7) is 3.86. The lowest BCUT2D eigenvalue weighted by Gasteiger charge is -2.19. The summed E-state index contributed by atoms with van der Waals surface area (Å²) in [6, 6.07) is 3.88. The minimum atomic E-state index is -2.93. The standard InChI is InChI=1S/C11H18N2O2S/c1-9(8-16(3,14)15)13-10(2)11-5-4-6-12-7-11/h4-7,9-10,13H,8H2,1-3H3/t9?,10-/m1/s1. The molecule has 0 aliphatic carbocycles. The fourth-order valence-corrected chi connectivity index (χ4v) is 2.66. The van der Waals surface area contributed by atoms with Crippen LogP contribution < -0.4 is 5.32 Å². The van der Waals surface area contributed by atoms with Crippen molar-refractivity contribution in [1.82, 2.24) is 10.3 Å². The quantitative estimate of drug-likeness (QED) is 0.842. The van der Waals surface area contributed by atoms with Gasteiger partial charge in [-0.15, -0.1) is 0 Å². The van der Waals surface area contributed by atoms with E-state index in [-0.39, 0.29) is 17.8 Å². The predicted octanol–water partition coefficient (Wildman–Crippen LogP) is 1.17. The van der Waals surface area contributed by atoms with Crippen molar-refractivity contribution in [3.05, 3.63) is 30.1 Å². The van der Waals surface area contributed by atoms with Crippen LogP contribution in [0.4, 0.5) is 0 Å². The van der Waals surface area contributed by atoms with E-state index in [0.29, 0.717) is 0 Å². The Morgan fingerprint density at radius 3 is 2.62 bits per heavy atom. The molecule has 0 aliphatic rings. The van der Waals surface area contributed by atoms with Crippen LogP contribution in [0.5, 0.6) is 0 Å². The van der Waals surface area contributed by atoms with Crippen LogP contribution in [-0.2, 0) is 9.84 Å². The van der Waals surface area contributed by atoms with Gasteiger partial charge in [0.25, 0.3) is 0 Å². The highest BCUT2D eigenvalue weighted by Crippen LogP contribution is 2.10. The van der Waals surface area contributed by atoms with Gasteiger partial charge in [-0.3, -0.25) is 4.98 Å². The number of hydrogen-bond donors (Lipinski definition) is 1. The highest BCUT2D eigenvalue weighted by Gasteiger charge is 2.13. The second-order valence-corrected chi connectivity index (χ2v) is 6.35. The normalized spacial score (nSPS) is 15.7. The van der Waals surface area contributed by atoms with Gasteiger partial charge in [-0.2, -0.15) is 0 Å². The molecule has 0 bridgehead atoms. The van der Waals surface area contributed by atoms with Crippen LogP contribution in [0.25, 0.3) is 0 Å². The zero-order chi connectivity index (χ0) is 12.2. The van der Waals surface area contributed by atoms with Gasteiger partial charge in [0.1, 0.15) is 9.84 Å². The van der Waals surface area contributed by atoms with Gasteiger partial charge in [-0.1, -0.05) is 6.07 Å². The fourth-order valence-electron chi connectivity index (χ4n) is 1.66. The Morgan fingerprint density at radius 2 is 2.12 bits per heavy atom. The Bertz CT molecular complexity index is 417. The van der Waals surface area contributed by atoms with E-state index in [2.05, 4.69) is 10.3 Å². The molecule has 2 atom stereocenters. The molecule has 1 N–H and O–H groups in total. The summed E-state index contributed by atoms with van der Waals surface area (Å²) >= 11 is 0. The summed E-state index contributed by atoms with van der Waals surface area (Å²) in [5, 5.41) is 3.23. The van der Waals surface area contributed by atoms with Crippen molar-refractivity contribution in [1.29, 1.82) is 0 Å². The molecule has 1 rings (SSSR count). The Kier molecular flexibility index (Phi) is 4.44. The van der Waals surface area contributed by atoms with Gasteiger partial charge >= 0.3 is 0 Å². The SMILES string of the molecule is CC(CS(C)(=O)=O)N[C@H](C)c1cccnc1. The average Bonchev–Trinajstić information content (AvgIpc) is 2.16. The van der Waals surface area contributed by atoms with Crippen LogP contribution in [0, 0.1) is 0 Å². The predicted molar refractivity (Wildman–Crippen MR) is 65.0 cm³/mol. The Balaban J connectivity index is 2.55. The van der Waals surface area contributed by atoms with Crippen LogP contribution >= 0.6 is 0 Å². The first-order chi connectivity index (χ1) is 7.38. The van der Waals surface area contributed by atoms with Crippen LogP contribution in [0.3, 0.4) is 0 Å². The van der Waals surface area contributed by atoms with Crippen molar-refractivity contribution >= 4 is 9.84 Å². The van der Waals surface area contributed by atoms with E-state index in [1.165, 1.54) is 6.26 Å². The number of rotatable bonds is 5. The van der Waals surface area contributed by atoms with Crippen LogP contribution in [0.15, 0.2) is 24.5 Å². The van der Waals surface area contributed by atoms with Crippen molar-refractivity contribution in [2.75, 3.05) is 12.0 Å². The third kappa shape index (κ3) is 4.72. The molecule has 0 spiro atoms. The van der Waals surface area contributed by atoms with Gasteiger partial charge in [0.15, 0.2) is 0 Å². The van der Waals surface area contributed by atoms with E-state index in [9.17, 15) is 8.42 Å². The third-order valence-electron chi connectivity index (χ3n) is 2.27. The van der Waals surface area contributed by atoms with E-state index < -0.39 is 9.84 Å². The smallest absolute Gasteiger partial charge is 0.148 e. The largest absolute Gasteiger partial charge is 0.307 e. The van der Waals surface area contributed by atoms with Gasteiger partial charge < -0.3 is 5.32 Å². The molecule has 0 amide bonds. The summed E-state index contributed by atoms with van der Waals surface area (Å²) < 4.78 is 22.2. The summed E-state index contributed by atoms with van der Waals surface area (Å²) in [6.07, 6.45) is 4.75. The molecule has 4 nitrogen and oxygen atoms in total. The minimum absolute atomic E-state index is 0.0646. The minimum Gasteiger partial charge on any atom is -0.307 e. The highest BCUT2D eigenvalue weighted by atomic mass is 32.2. The van der Waals surface area contributed by atoms with Gasteiger partial charge in [0.05, 0.1) is 5.75 Å². The number of aromatic nitrogens is 1. The van der Waals surface area contributed by atoms with Crippen molar-refractivity contribution in [2.45, 2.75) is 25.9 Å². The molecular weight excluding hydrogens is 224 g/mol. The summed E-state index contributed by atoms with van der Waals surface area (Å²) in [4.78, 5) is 4.03. The van der Waals surface area contributed by atoms with Crippen molar-refractivity contribution < 1.29 is 8.42 Å². The topological polar surface area (TPSA) is 59.1 Å². The second kappa shape index (κ2) is 5.41. The van der Waals surface area contributed by atoms with E-state index in [1.807, 2.05) is 26.0 Å². The number of nitrogens with one attached hydrogen (secondary N) is 1. The Labute approximate surface area is 97.0 Å². The molecule has 0 saturated heterocycles. The van der Waals surface area contributed by atoms with Crippen molar-refractivity contribution in [3.63, 3.8) is 0 Å². The lowest BCUT2D eigenvalue weighted by Crippen LogP contribution is -2.34. The lowest BCUT2D eigenvalue weighted by molar-refractivity contribution is 0.500. The monoisotopic (exact) mass is 242 g/mol. The maximum Gasteiger partial charge on any atom is 0.148 e. The number of pyridine rings is 1. The van der Waals surface area contributed by atoms with E-state index >= 15 is 0 Å². The third-order valence-corrected chi connectivity index (χ3v) is 3.38. The summed E-state index contributed by atoms with van der Waals surface area (Å²) in [7, 11) is -2.93. The molecule has 0 aromatic carbocycles. The molecule has 0 aliphatic heterocycles. The van der Waals surface area contributed by atoms with E-state index in [4.69, 9.17) is 0 Å². The van der Waals surface area contributed by atoms with Crippen molar-refractivity contribution in [3.8, 4) is 0 Å². The Morgan fingerprint density at radius 1 is 1.44 bits per heavy atom. The van der Waals surface area contributed by atoms with Gasteiger partial charge in [-0.05, 0) is 25.5 Å². The molecule has 1 unspecified atom stereocenters. The number of nitrogens with zero attached hydrogens (tertiary/aromatic N) is 1. The second-order valence-electron chi connectivity index (χ2n) is 4.17. The molecule has 0 saturated carbocycles. The zero-order valence-corrected chi connectivity index (χ0v) is 10.7. The van der Waals surface area contributed by atoms with Crippen molar-refractivity contribution in [2.24, 2.45) is 0 Å². The van der Waals surface area contributed by atoms with Crippen LogP contribution in [0.2, 0.25) is 0 Å².